The summed E-state index contributed by atoms with van der Waals surface area (Å²) in [5.74, 6) is 0.865. The van der Waals surface area contributed by atoms with Gasteiger partial charge in [0.25, 0.3) is 5.91 Å². The van der Waals surface area contributed by atoms with E-state index in [4.69, 9.17) is 0 Å². The quantitative estimate of drug-likeness (QED) is 0.378. The van der Waals surface area contributed by atoms with Crippen LogP contribution in [-0.2, 0) is 0 Å². The smallest absolute Gasteiger partial charge is 0.255 e. The maximum atomic E-state index is 13.0. The average Bonchev–Trinajstić information content (AvgIpc) is 2.75. The molecule has 0 fully saturated rings. The van der Waals surface area contributed by atoms with Crippen LogP contribution in [0.25, 0.3) is 10.9 Å². The van der Waals surface area contributed by atoms with Gasteiger partial charge in [-0.25, -0.2) is 14.4 Å². The van der Waals surface area contributed by atoms with Gasteiger partial charge in [-0.05, 0) is 74.4 Å². The number of halogens is 2. The van der Waals surface area contributed by atoms with Crippen LogP contribution in [0.1, 0.15) is 40.3 Å². The normalized spacial score (nSPS) is 11.5. The molecule has 0 saturated heterocycles. The summed E-state index contributed by atoms with van der Waals surface area (Å²) in [6.45, 7) is 5.99. The number of nitrogens with one attached hydrogen (secondary N) is 2. The molecular weight excluding hydrogens is 427 g/mol. The van der Waals surface area contributed by atoms with Crippen LogP contribution in [0.2, 0.25) is 0 Å². The van der Waals surface area contributed by atoms with Crippen molar-refractivity contribution in [2.45, 2.75) is 26.8 Å². The topological polar surface area (TPSA) is 66.9 Å². The van der Waals surface area contributed by atoms with E-state index >= 15 is 0 Å². The number of nitrogens with zero attached hydrogens (tertiary/aromatic N) is 2. The van der Waals surface area contributed by atoms with Crippen molar-refractivity contribution < 1.29 is 9.18 Å². The molecule has 2 N–H and O–H groups in total. The summed E-state index contributed by atoms with van der Waals surface area (Å²) < 4.78 is 13.0. The summed E-state index contributed by atoms with van der Waals surface area (Å²) in [6.07, 6.45) is 0. The lowest BCUT2D eigenvalue weighted by molar-refractivity contribution is 0.102. The van der Waals surface area contributed by atoms with Crippen molar-refractivity contribution in [2.75, 3.05) is 10.6 Å². The summed E-state index contributed by atoms with van der Waals surface area (Å²) >= 11 is 0. The summed E-state index contributed by atoms with van der Waals surface area (Å²) in [5.41, 5.74) is 4.19. The lowest BCUT2D eigenvalue weighted by Crippen LogP contribution is -2.12. The van der Waals surface area contributed by atoms with Crippen LogP contribution in [-0.4, -0.2) is 15.9 Å². The fourth-order valence-corrected chi connectivity index (χ4v) is 3.47. The van der Waals surface area contributed by atoms with E-state index in [2.05, 4.69) is 27.5 Å². The van der Waals surface area contributed by atoms with Crippen LogP contribution in [0, 0.1) is 19.7 Å². The Balaban J connectivity index is 0.00000289. The van der Waals surface area contributed by atoms with Gasteiger partial charge in [0.15, 0.2) is 0 Å². The predicted molar refractivity (Wildman–Crippen MR) is 129 cm³/mol. The summed E-state index contributed by atoms with van der Waals surface area (Å²) in [6, 6.07) is 19.1. The van der Waals surface area contributed by atoms with Gasteiger partial charge in [-0.2, -0.15) is 0 Å². The highest BCUT2D eigenvalue weighted by molar-refractivity contribution is 6.04. The average molecular weight is 451 g/mol. The second-order valence-electron chi connectivity index (χ2n) is 7.54. The molecule has 32 heavy (non-hydrogen) atoms. The third-order valence-corrected chi connectivity index (χ3v) is 5.17. The molecule has 3 aromatic carbocycles. The molecule has 5 nitrogen and oxygen atoms in total. The molecule has 164 valence electrons. The molecule has 1 amide bonds. The highest BCUT2D eigenvalue weighted by atomic mass is 35.5. The Kier molecular flexibility index (Phi) is 7.05. The number of rotatable bonds is 5. The highest BCUT2D eigenvalue weighted by Gasteiger charge is 2.12. The number of amides is 1. The van der Waals surface area contributed by atoms with Crippen LogP contribution >= 0.6 is 12.4 Å². The molecule has 1 aromatic heterocycles. The Morgan fingerprint density at radius 2 is 1.62 bits per heavy atom. The number of aromatic nitrogens is 2. The molecule has 4 rings (SSSR count). The van der Waals surface area contributed by atoms with E-state index in [1.807, 2.05) is 56.3 Å². The second-order valence-corrected chi connectivity index (χ2v) is 7.54. The van der Waals surface area contributed by atoms with Crippen LogP contribution in [0.4, 0.5) is 15.9 Å². The number of carbonyl (C=O) groups is 1. The Bertz CT molecular complexity index is 1240. The number of anilines is 2. The van der Waals surface area contributed by atoms with Crippen molar-refractivity contribution in [1.82, 2.24) is 9.97 Å². The summed E-state index contributed by atoms with van der Waals surface area (Å²) in [7, 11) is 0. The predicted octanol–water partition coefficient (Wildman–Crippen LogP) is 6.23. The van der Waals surface area contributed by atoms with E-state index in [1.54, 1.807) is 0 Å². The Hall–Kier alpha value is -3.51. The third-order valence-electron chi connectivity index (χ3n) is 5.17. The molecule has 0 aliphatic carbocycles. The number of aryl methyl sites for hydroxylation is 2. The fraction of sp³-hybridized carbons (Fsp3) is 0.160. The molecule has 0 unspecified atom stereocenters. The zero-order chi connectivity index (χ0) is 22.0. The molecule has 4 aromatic rings. The first-order valence-electron chi connectivity index (χ1n) is 10.1. The van der Waals surface area contributed by atoms with Crippen molar-refractivity contribution in [3.63, 3.8) is 0 Å². The number of fused-ring (bicyclic) bond motifs is 1. The van der Waals surface area contributed by atoms with Crippen molar-refractivity contribution in [3.05, 3.63) is 95.1 Å². The minimum atomic E-state index is -0.371. The summed E-state index contributed by atoms with van der Waals surface area (Å²) in [5, 5.41) is 7.30. The highest BCUT2D eigenvalue weighted by Crippen LogP contribution is 2.27. The minimum absolute atomic E-state index is 0. The van der Waals surface area contributed by atoms with Crippen molar-refractivity contribution in [2.24, 2.45) is 0 Å². The Labute approximate surface area is 192 Å². The van der Waals surface area contributed by atoms with E-state index in [9.17, 15) is 9.18 Å². The van der Waals surface area contributed by atoms with Gasteiger partial charge in [0.1, 0.15) is 17.5 Å². The first kappa shape index (κ1) is 23.2. The van der Waals surface area contributed by atoms with Gasteiger partial charge in [0.05, 0.1) is 5.52 Å². The van der Waals surface area contributed by atoms with Crippen LogP contribution in [0.15, 0.2) is 66.7 Å². The van der Waals surface area contributed by atoms with Gasteiger partial charge in [-0.1, -0.05) is 24.3 Å². The molecule has 7 heteroatoms. The molecule has 1 atom stereocenters. The van der Waals surface area contributed by atoms with Gasteiger partial charge in [-0.3, -0.25) is 4.79 Å². The van der Waals surface area contributed by atoms with E-state index in [-0.39, 0.29) is 30.2 Å². The molecular formula is C25H24ClFN4O. The first-order valence-corrected chi connectivity index (χ1v) is 10.1. The zero-order valence-corrected chi connectivity index (χ0v) is 18.8. The number of hydrogen-bond donors (Lipinski definition) is 2. The van der Waals surface area contributed by atoms with E-state index in [1.165, 1.54) is 24.3 Å². The molecule has 0 saturated carbocycles. The van der Waals surface area contributed by atoms with Gasteiger partial charge < -0.3 is 10.6 Å². The lowest BCUT2D eigenvalue weighted by Gasteiger charge is -2.18. The van der Waals surface area contributed by atoms with Gasteiger partial charge >= 0.3 is 0 Å². The number of carbonyl (C=O) groups excluding carboxylic acids is 1. The Morgan fingerprint density at radius 1 is 0.938 bits per heavy atom. The lowest BCUT2D eigenvalue weighted by atomic mass is 10.1. The molecule has 0 aliphatic rings. The third kappa shape index (κ3) is 5.03. The maximum Gasteiger partial charge on any atom is 0.255 e. The van der Waals surface area contributed by atoms with E-state index < -0.39 is 0 Å². The molecule has 0 spiro atoms. The van der Waals surface area contributed by atoms with Gasteiger partial charge in [0, 0.05) is 22.7 Å². The van der Waals surface area contributed by atoms with Crippen LogP contribution < -0.4 is 10.6 Å². The van der Waals surface area contributed by atoms with E-state index in [0.29, 0.717) is 11.3 Å². The standard InChI is InChI=1S/C25H23FN4O.ClH/c1-15-5-4-6-22-23(15)28-17(3)29-24(22)27-16(2)18-9-13-21(14-10-18)30-25(31)19-7-11-20(26)12-8-19;/h4-14,16H,1-3H3,(H,30,31)(H,27,28,29);1H/t16-;/m0./s1. The largest absolute Gasteiger partial charge is 0.363 e. The first-order chi connectivity index (χ1) is 14.9. The fourth-order valence-electron chi connectivity index (χ4n) is 3.47. The van der Waals surface area contributed by atoms with Crippen molar-refractivity contribution >= 4 is 40.7 Å². The SMILES string of the molecule is Cc1nc(N[C@@H](C)c2ccc(NC(=O)c3ccc(F)cc3)cc2)c2cccc(C)c2n1.Cl. The molecule has 0 bridgehead atoms. The van der Waals surface area contributed by atoms with Gasteiger partial charge in [-0.15, -0.1) is 12.4 Å². The van der Waals surface area contributed by atoms with Crippen LogP contribution in [0.5, 0.6) is 0 Å². The number of para-hydroxylation sites is 1. The number of benzene rings is 3. The van der Waals surface area contributed by atoms with E-state index in [0.717, 1.165) is 33.7 Å². The second kappa shape index (κ2) is 9.75. The zero-order valence-electron chi connectivity index (χ0n) is 18.0. The monoisotopic (exact) mass is 450 g/mol. The van der Waals surface area contributed by atoms with Crippen molar-refractivity contribution in [1.29, 1.82) is 0 Å². The van der Waals surface area contributed by atoms with Gasteiger partial charge in [0.2, 0.25) is 0 Å². The molecule has 1 heterocycles. The minimum Gasteiger partial charge on any atom is -0.363 e. The summed E-state index contributed by atoms with van der Waals surface area (Å²) in [4.78, 5) is 21.5. The number of hydrogen-bond acceptors (Lipinski definition) is 4. The molecule has 0 radical (unpaired) electrons. The Morgan fingerprint density at radius 3 is 2.31 bits per heavy atom. The van der Waals surface area contributed by atoms with Crippen molar-refractivity contribution in [3.8, 4) is 0 Å². The van der Waals surface area contributed by atoms with Crippen LogP contribution in [0.3, 0.4) is 0 Å². The molecule has 0 aliphatic heterocycles. The maximum absolute atomic E-state index is 13.0.